The van der Waals surface area contributed by atoms with Gasteiger partial charge in [-0.1, -0.05) is 137 Å². The summed E-state index contributed by atoms with van der Waals surface area (Å²) >= 11 is 0. The normalized spacial score (nSPS) is 14.6. The van der Waals surface area contributed by atoms with Crippen molar-refractivity contribution in [1.29, 1.82) is 0 Å². The molecule has 1 unspecified atom stereocenters. The van der Waals surface area contributed by atoms with Crippen molar-refractivity contribution < 1.29 is 9.05 Å². The Morgan fingerprint density at radius 3 is 1.79 bits per heavy atom. The molecule has 0 saturated carbocycles. The van der Waals surface area contributed by atoms with Gasteiger partial charge in [0.15, 0.2) is 0 Å². The standard InChI is InChI=1S/C36H33O2P/c1-35(2,26-15-7-5-8-16-26)28-23-24-33(31(25-28)36(3,4)27-17-9-6-10-18-27)38-39-34-22-14-12-20-30(34)29-19-11-13-21-32(29)37-39/h5-25H,1-4H3. The van der Waals surface area contributed by atoms with Crippen molar-refractivity contribution in [3.63, 3.8) is 0 Å². The zero-order chi connectivity index (χ0) is 27.0. The quantitative estimate of drug-likeness (QED) is 0.204. The molecule has 6 rings (SSSR count). The van der Waals surface area contributed by atoms with Crippen LogP contribution >= 0.6 is 8.38 Å². The first kappa shape index (κ1) is 25.4. The van der Waals surface area contributed by atoms with Crippen LogP contribution in [0, 0.1) is 0 Å². The molecule has 1 aliphatic heterocycles. The number of fused-ring (bicyclic) bond motifs is 3. The molecule has 5 aromatic carbocycles. The van der Waals surface area contributed by atoms with Crippen molar-refractivity contribution in [2.45, 2.75) is 38.5 Å². The van der Waals surface area contributed by atoms with Crippen LogP contribution in [-0.2, 0) is 10.8 Å². The first-order valence-electron chi connectivity index (χ1n) is 13.5. The minimum atomic E-state index is -1.36. The lowest BCUT2D eigenvalue weighted by atomic mass is 9.73. The van der Waals surface area contributed by atoms with Crippen molar-refractivity contribution in [2.75, 3.05) is 0 Å². The molecular weight excluding hydrogens is 495 g/mol. The summed E-state index contributed by atoms with van der Waals surface area (Å²) < 4.78 is 13.4. The summed E-state index contributed by atoms with van der Waals surface area (Å²) in [6, 6.07) is 44.8. The number of para-hydroxylation sites is 1. The molecule has 0 fully saturated rings. The average Bonchev–Trinajstić information content (AvgIpc) is 2.98. The van der Waals surface area contributed by atoms with E-state index in [2.05, 4.69) is 143 Å². The fourth-order valence-corrected chi connectivity index (χ4v) is 6.95. The van der Waals surface area contributed by atoms with E-state index in [0.29, 0.717) is 0 Å². The Bertz CT molecular complexity index is 1610. The van der Waals surface area contributed by atoms with E-state index in [0.717, 1.165) is 27.9 Å². The third-order valence-corrected chi connectivity index (χ3v) is 9.51. The Labute approximate surface area is 233 Å². The minimum absolute atomic E-state index is 0.167. The first-order valence-corrected chi connectivity index (χ1v) is 14.6. The summed E-state index contributed by atoms with van der Waals surface area (Å²) in [6.07, 6.45) is 0. The van der Waals surface area contributed by atoms with Gasteiger partial charge in [0.2, 0.25) is 0 Å². The number of hydrogen-bond donors (Lipinski definition) is 0. The smallest absolute Gasteiger partial charge is 0.326 e. The summed E-state index contributed by atoms with van der Waals surface area (Å²) in [6.45, 7) is 9.14. The second kappa shape index (κ2) is 10.0. The predicted molar refractivity (Wildman–Crippen MR) is 163 cm³/mol. The second-order valence-electron chi connectivity index (χ2n) is 11.1. The summed E-state index contributed by atoms with van der Waals surface area (Å²) in [5.74, 6) is 1.73. The second-order valence-corrected chi connectivity index (χ2v) is 12.5. The Morgan fingerprint density at radius 2 is 1.10 bits per heavy atom. The van der Waals surface area contributed by atoms with Crippen LogP contribution in [0.5, 0.6) is 11.5 Å². The molecule has 1 aliphatic rings. The van der Waals surface area contributed by atoms with Gasteiger partial charge in [-0.2, -0.15) is 0 Å². The predicted octanol–water partition coefficient (Wildman–Crippen LogP) is 9.41. The molecule has 0 amide bonds. The molecule has 2 nitrogen and oxygen atoms in total. The van der Waals surface area contributed by atoms with Gasteiger partial charge in [-0.3, -0.25) is 0 Å². The number of rotatable bonds is 6. The number of benzene rings is 5. The Kier molecular flexibility index (Phi) is 6.53. The highest BCUT2D eigenvalue weighted by Crippen LogP contribution is 2.51. The highest BCUT2D eigenvalue weighted by atomic mass is 31.2. The molecule has 0 aliphatic carbocycles. The molecule has 0 N–H and O–H groups in total. The zero-order valence-corrected chi connectivity index (χ0v) is 23.8. The molecule has 0 aromatic heterocycles. The van der Waals surface area contributed by atoms with Crippen LogP contribution < -0.4 is 14.4 Å². The maximum atomic E-state index is 6.89. The SMILES string of the molecule is CC(C)(c1ccccc1)c1ccc(OP2Oc3ccccc3-c3ccccc32)c(C(C)(C)c2ccccc2)c1. The fourth-order valence-electron chi connectivity index (χ4n) is 5.44. The van der Waals surface area contributed by atoms with Gasteiger partial charge < -0.3 is 9.05 Å². The van der Waals surface area contributed by atoms with E-state index >= 15 is 0 Å². The lowest BCUT2D eigenvalue weighted by Gasteiger charge is -2.34. The zero-order valence-electron chi connectivity index (χ0n) is 22.9. The van der Waals surface area contributed by atoms with Crippen molar-refractivity contribution in [1.82, 2.24) is 0 Å². The van der Waals surface area contributed by atoms with Crippen molar-refractivity contribution in [3.8, 4) is 22.6 Å². The van der Waals surface area contributed by atoms with Gasteiger partial charge in [-0.05, 0) is 40.5 Å². The summed E-state index contributed by atoms with van der Waals surface area (Å²) in [5, 5.41) is 1.10. The van der Waals surface area contributed by atoms with Gasteiger partial charge in [0.25, 0.3) is 0 Å². The molecule has 0 radical (unpaired) electrons. The largest absolute Gasteiger partial charge is 0.435 e. The van der Waals surface area contributed by atoms with E-state index in [-0.39, 0.29) is 10.8 Å². The topological polar surface area (TPSA) is 18.5 Å². The van der Waals surface area contributed by atoms with Gasteiger partial charge in [0, 0.05) is 22.0 Å². The Hall–Kier alpha value is -3.87. The maximum Gasteiger partial charge on any atom is 0.326 e. The Morgan fingerprint density at radius 1 is 0.538 bits per heavy atom. The van der Waals surface area contributed by atoms with Crippen LogP contribution in [0.3, 0.4) is 0 Å². The lowest BCUT2D eigenvalue weighted by molar-refractivity contribution is 0.485. The highest BCUT2D eigenvalue weighted by molar-refractivity contribution is 7.57. The summed E-state index contributed by atoms with van der Waals surface area (Å²) in [4.78, 5) is 0. The van der Waals surface area contributed by atoms with E-state index in [1.807, 2.05) is 12.1 Å². The fraction of sp³-hybridized carbons (Fsp3) is 0.167. The van der Waals surface area contributed by atoms with Gasteiger partial charge in [-0.15, -0.1) is 0 Å². The molecule has 0 bridgehead atoms. The van der Waals surface area contributed by atoms with Crippen molar-refractivity contribution >= 4 is 13.7 Å². The third kappa shape index (κ3) is 4.64. The van der Waals surface area contributed by atoms with E-state index < -0.39 is 8.38 Å². The van der Waals surface area contributed by atoms with E-state index in [1.165, 1.54) is 22.3 Å². The highest BCUT2D eigenvalue weighted by Gasteiger charge is 2.34. The molecule has 0 spiro atoms. The van der Waals surface area contributed by atoms with Gasteiger partial charge in [0.1, 0.15) is 11.5 Å². The van der Waals surface area contributed by atoms with Crippen LogP contribution in [0.4, 0.5) is 0 Å². The lowest BCUT2D eigenvalue weighted by Crippen LogP contribution is -2.24. The number of hydrogen-bond acceptors (Lipinski definition) is 2. The van der Waals surface area contributed by atoms with Crippen LogP contribution in [0.2, 0.25) is 0 Å². The van der Waals surface area contributed by atoms with Crippen molar-refractivity contribution in [2.24, 2.45) is 0 Å². The molecule has 3 heteroatoms. The monoisotopic (exact) mass is 528 g/mol. The van der Waals surface area contributed by atoms with Gasteiger partial charge in [-0.25, -0.2) is 0 Å². The Balaban J connectivity index is 1.47. The third-order valence-electron chi connectivity index (χ3n) is 8.01. The average molecular weight is 529 g/mol. The van der Waals surface area contributed by atoms with Crippen molar-refractivity contribution in [3.05, 3.63) is 150 Å². The van der Waals surface area contributed by atoms with E-state index in [9.17, 15) is 0 Å². The molecule has 1 heterocycles. The van der Waals surface area contributed by atoms with E-state index in [4.69, 9.17) is 9.05 Å². The first-order chi connectivity index (χ1) is 18.9. The minimum Gasteiger partial charge on any atom is -0.435 e. The maximum absolute atomic E-state index is 6.89. The van der Waals surface area contributed by atoms with Gasteiger partial charge >= 0.3 is 8.38 Å². The van der Waals surface area contributed by atoms with Crippen LogP contribution in [0.25, 0.3) is 11.1 Å². The summed E-state index contributed by atoms with van der Waals surface area (Å²) in [5.41, 5.74) is 6.76. The van der Waals surface area contributed by atoms with Crippen LogP contribution in [0.1, 0.15) is 49.9 Å². The molecule has 5 aromatic rings. The molecule has 1 atom stereocenters. The van der Waals surface area contributed by atoms with E-state index in [1.54, 1.807) is 0 Å². The molecule has 194 valence electrons. The molecule has 0 saturated heterocycles. The summed E-state index contributed by atoms with van der Waals surface area (Å²) in [7, 11) is -1.36. The van der Waals surface area contributed by atoms with Gasteiger partial charge in [0.05, 0.1) is 5.30 Å². The van der Waals surface area contributed by atoms with Crippen LogP contribution in [0.15, 0.2) is 127 Å². The van der Waals surface area contributed by atoms with Crippen LogP contribution in [-0.4, -0.2) is 0 Å². The molecular formula is C36H33O2P. The molecule has 39 heavy (non-hydrogen) atoms.